The Morgan fingerprint density at radius 3 is 2.76 bits per heavy atom. The summed E-state index contributed by atoms with van der Waals surface area (Å²) < 4.78 is 1.85. The molecule has 17 heavy (non-hydrogen) atoms. The van der Waals surface area contributed by atoms with Gasteiger partial charge in [0.05, 0.1) is 0 Å². The summed E-state index contributed by atoms with van der Waals surface area (Å²) in [5.41, 5.74) is 0.847. The molecule has 2 heterocycles. The number of halogens is 1. The summed E-state index contributed by atoms with van der Waals surface area (Å²) >= 11 is 10.5. The summed E-state index contributed by atoms with van der Waals surface area (Å²) in [7, 11) is 0. The van der Waals surface area contributed by atoms with Crippen molar-refractivity contribution in [3.05, 3.63) is 17.0 Å². The summed E-state index contributed by atoms with van der Waals surface area (Å²) in [5, 5.41) is 9.24. The minimum Gasteiger partial charge on any atom is -0.223 e. The van der Waals surface area contributed by atoms with E-state index in [4.69, 9.17) is 11.6 Å². The second kappa shape index (κ2) is 5.99. The van der Waals surface area contributed by atoms with Crippen LogP contribution in [-0.4, -0.2) is 25.9 Å². The van der Waals surface area contributed by atoms with Crippen molar-refractivity contribution < 1.29 is 0 Å². The number of thioether (sulfide) groups is 1. The number of aryl methyl sites for hydroxylation is 1. The topological polar surface area (TPSA) is 51.6 Å². The molecule has 0 bridgehead atoms. The van der Waals surface area contributed by atoms with Gasteiger partial charge >= 0.3 is 0 Å². The molecule has 90 valence electrons. The maximum absolute atomic E-state index is 5.80. The van der Waals surface area contributed by atoms with E-state index in [1.165, 1.54) is 11.8 Å². The fraction of sp³-hybridized carbons (Fsp3) is 0.333. The van der Waals surface area contributed by atoms with Gasteiger partial charge < -0.3 is 0 Å². The highest BCUT2D eigenvalue weighted by atomic mass is 35.5. The fourth-order valence-corrected chi connectivity index (χ4v) is 4.27. The largest absolute Gasteiger partial charge is 0.223 e. The molecule has 2 rings (SSSR count). The fourth-order valence-electron chi connectivity index (χ4n) is 1.07. The minimum atomic E-state index is 0.264. The average molecular weight is 305 g/mol. The third-order valence-electron chi connectivity index (χ3n) is 1.65. The van der Waals surface area contributed by atoms with Crippen LogP contribution in [0.15, 0.2) is 19.8 Å². The predicted octanol–water partition coefficient (Wildman–Crippen LogP) is 3.55. The van der Waals surface area contributed by atoms with E-state index in [9.17, 15) is 0 Å². The molecule has 0 saturated carbocycles. The molecule has 0 fully saturated rings. The van der Waals surface area contributed by atoms with E-state index in [-0.39, 0.29) is 5.28 Å². The molecule has 8 heteroatoms. The van der Waals surface area contributed by atoms with Gasteiger partial charge in [-0.1, -0.05) is 30.0 Å². The van der Waals surface area contributed by atoms with Crippen LogP contribution in [0.25, 0.3) is 0 Å². The zero-order valence-electron chi connectivity index (χ0n) is 9.18. The molecule has 2 aromatic heterocycles. The Labute approximate surface area is 117 Å². The van der Waals surface area contributed by atoms with Gasteiger partial charge in [-0.25, -0.2) is 9.97 Å². The Kier molecular flexibility index (Phi) is 4.61. The first-order valence-electron chi connectivity index (χ1n) is 4.82. The summed E-state index contributed by atoms with van der Waals surface area (Å²) in [6.07, 6.45) is 0. The van der Waals surface area contributed by atoms with E-state index < -0.39 is 0 Å². The molecule has 0 radical (unpaired) electrons. The molecular weight excluding hydrogens is 296 g/mol. The highest BCUT2D eigenvalue weighted by molar-refractivity contribution is 8.03. The van der Waals surface area contributed by atoms with Crippen molar-refractivity contribution in [1.82, 2.24) is 20.2 Å². The lowest BCUT2D eigenvalue weighted by Crippen LogP contribution is -1.88. The lowest BCUT2D eigenvalue weighted by atomic mass is 10.5. The molecule has 0 unspecified atom stereocenters. The summed E-state index contributed by atoms with van der Waals surface area (Å²) in [6, 6.07) is 1.88. The molecular formula is C9H9ClN4S3. The standard InChI is InChI=1S/C9H9ClN4S3/c1-3-15-8-13-14-9(17-8)16-6-4-5(2)11-7(10)12-6/h4H,3H2,1-2H3. The molecule has 2 aromatic rings. The van der Waals surface area contributed by atoms with Crippen molar-refractivity contribution in [3.63, 3.8) is 0 Å². The summed E-state index contributed by atoms with van der Waals surface area (Å²) in [6.45, 7) is 3.97. The third-order valence-corrected chi connectivity index (χ3v) is 4.73. The Morgan fingerprint density at radius 1 is 1.29 bits per heavy atom. The number of aromatic nitrogens is 4. The molecule has 0 aromatic carbocycles. The van der Waals surface area contributed by atoms with E-state index in [2.05, 4.69) is 27.1 Å². The summed E-state index contributed by atoms with van der Waals surface area (Å²) in [4.78, 5) is 8.15. The molecule has 0 saturated heterocycles. The molecule has 0 aliphatic rings. The first-order chi connectivity index (χ1) is 8.17. The van der Waals surface area contributed by atoms with Crippen LogP contribution in [0.4, 0.5) is 0 Å². The van der Waals surface area contributed by atoms with Crippen molar-refractivity contribution >= 4 is 46.5 Å². The van der Waals surface area contributed by atoms with Crippen molar-refractivity contribution in [2.24, 2.45) is 0 Å². The zero-order chi connectivity index (χ0) is 12.3. The van der Waals surface area contributed by atoms with Crippen LogP contribution in [0.3, 0.4) is 0 Å². The van der Waals surface area contributed by atoms with Crippen molar-refractivity contribution in [3.8, 4) is 0 Å². The Balaban J connectivity index is 2.13. The van der Waals surface area contributed by atoms with Gasteiger partial charge in [0.15, 0.2) is 8.68 Å². The van der Waals surface area contributed by atoms with E-state index >= 15 is 0 Å². The van der Waals surface area contributed by atoms with E-state index in [0.717, 1.165) is 25.2 Å². The van der Waals surface area contributed by atoms with Gasteiger partial charge in [0.2, 0.25) is 5.28 Å². The van der Waals surface area contributed by atoms with Gasteiger partial charge in [0.1, 0.15) is 5.03 Å². The maximum atomic E-state index is 5.80. The second-order valence-corrected chi connectivity index (χ2v) is 7.08. The van der Waals surface area contributed by atoms with Crippen molar-refractivity contribution in [1.29, 1.82) is 0 Å². The first-order valence-corrected chi connectivity index (χ1v) is 7.82. The van der Waals surface area contributed by atoms with Gasteiger partial charge in [-0.15, -0.1) is 10.2 Å². The van der Waals surface area contributed by atoms with Crippen LogP contribution in [0.2, 0.25) is 5.28 Å². The molecule has 0 atom stereocenters. The van der Waals surface area contributed by atoms with Crippen LogP contribution in [0, 0.1) is 6.92 Å². The smallest absolute Gasteiger partial charge is 0.223 e. The van der Waals surface area contributed by atoms with Crippen LogP contribution < -0.4 is 0 Å². The molecule has 0 amide bonds. The highest BCUT2D eigenvalue weighted by Crippen LogP contribution is 2.32. The van der Waals surface area contributed by atoms with Crippen molar-refractivity contribution in [2.75, 3.05) is 5.75 Å². The van der Waals surface area contributed by atoms with Crippen LogP contribution in [0.5, 0.6) is 0 Å². The quantitative estimate of drug-likeness (QED) is 0.489. The van der Waals surface area contributed by atoms with E-state index in [0.29, 0.717) is 0 Å². The number of rotatable bonds is 4. The zero-order valence-corrected chi connectivity index (χ0v) is 12.4. The molecule has 0 aliphatic carbocycles. The number of nitrogens with zero attached hydrogens (tertiary/aromatic N) is 4. The van der Waals surface area contributed by atoms with E-state index in [1.54, 1.807) is 23.1 Å². The van der Waals surface area contributed by atoms with Crippen LogP contribution in [0.1, 0.15) is 12.6 Å². The summed E-state index contributed by atoms with van der Waals surface area (Å²) in [5.74, 6) is 0.998. The number of hydrogen-bond donors (Lipinski definition) is 0. The van der Waals surface area contributed by atoms with Gasteiger partial charge in [-0.3, -0.25) is 0 Å². The van der Waals surface area contributed by atoms with Crippen molar-refractivity contribution in [2.45, 2.75) is 27.6 Å². The third kappa shape index (κ3) is 3.80. The Morgan fingerprint density at radius 2 is 2.06 bits per heavy atom. The maximum Gasteiger partial charge on any atom is 0.223 e. The number of hydrogen-bond acceptors (Lipinski definition) is 7. The molecule has 0 aliphatic heterocycles. The normalized spacial score (nSPS) is 10.8. The monoisotopic (exact) mass is 304 g/mol. The van der Waals surface area contributed by atoms with Gasteiger partial charge in [0, 0.05) is 5.69 Å². The van der Waals surface area contributed by atoms with E-state index in [1.807, 2.05) is 13.0 Å². The molecule has 0 N–H and O–H groups in total. The molecule has 4 nitrogen and oxygen atoms in total. The first kappa shape index (κ1) is 13.1. The highest BCUT2D eigenvalue weighted by Gasteiger charge is 2.08. The molecule has 0 spiro atoms. The minimum absolute atomic E-state index is 0.264. The lowest BCUT2D eigenvalue weighted by molar-refractivity contribution is 0.949. The average Bonchev–Trinajstić information content (AvgIpc) is 2.64. The lowest BCUT2D eigenvalue weighted by Gasteiger charge is -1.98. The van der Waals surface area contributed by atoms with Gasteiger partial charge in [0.25, 0.3) is 0 Å². The Hall–Kier alpha value is -0.370. The van der Waals surface area contributed by atoms with Gasteiger partial charge in [-0.2, -0.15) is 0 Å². The second-order valence-electron chi connectivity index (χ2n) is 2.99. The van der Waals surface area contributed by atoms with Gasteiger partial charge in [-0.05, 0) is 42.1 Å². The van der Waals surface area contributed by atoms with Crippen LogP contribution in [-0.2, 0) is 0 Å². The van der Waals surface area contributed by atoms with Crippen LogP contribution >= 0.6 is 46.5 Å². The predicted molar refractivity (Wildman–Crippen MR) is 72.2 cm³/mol. The Bertz CT molecular complexity index is 496. The SMILES string of the molecule is CCSc1nnc(Sc2cc(C)nc(Cl)n2)s1.